The smallest absolute Gasteiger partial charge is 0.475 e. The summed E-state index contributed by atoms with van der Waals surface area (Å²) in [7, 11) is -3.96. The number of hydrogen-bond acceptors (Lipinski definition) is 7. The number of carbonyl (C=O) groups excluding carboxylic acids is 1. The van der Waals surface area contributed by atoms with E-state index < -0.39 is 34.1 Å². The summed E-state index contributed by atoms with van der Waals surface area (Å²) < 4.78 is 65.3. The first-order valence-corrected chi connectivity index (χ1v) is 12.8. The van der Waals surface area contributed by atoms with Crippen molar-refractivity contribution in [2.75, 3.05) is 6.54 Å². The third-order valence-electron chi connectivity index (χ3n) is 6.31. The van der Waals surface area contributed by atoms with Gasteiger partial charge in [0, 0.05) is 12.6 Å². The molecule has 1 aromatic heterocycles. The number of carboxylic acid groups (broad SMARTS) is 1. The number of alkyl halides is 3. The zero-order chi connectivity index (χ0) is 27.2. The van der Waals surface area contributed by atoms with Crippen LogP contribution in [0.5, 0.6) is 11.6 Å². The van der Waals surface area contributed by atoms with Crippen LogP contribution in [0.3, 0.4) is 0 Å². The van der Waals surface area contributed by atoms with Crippen LogP contribution in [-0.4, -0.2) is 58.7 Å². The highest BCUT2D eigenvalue weighted by Crippen LogP contribution is 2.41. The molecule has 2 fully saturated rings. The van der Waals surface area contributed by atoms with Crippen molar-refractivity contribution in [1.29, 1.82) is 0 Å². The number of nitrogens with one attached hydrogen (secondary N) is 1. The third-order valence-corrected chi connectivity index (χ3v) is 8.17. The third kappa shape index (κ3) is 6.96. The monoisotopic (exact) mass is 545 g/mol. The number of para-hydroxylation sites is 1. The van der Waals surface area contributed by atoms with Gasteiger partial charge in [0.15, 0.2) is 0 Å². The second kappa shape index (κ2) is 11.9. The summed E-state index contributed by atoms with van der Waals surface area (Å²) in [6, 6.07) is 11.1. The van der Waals surface area contributed by atoms with Crippen molar-refractivity contribution in [3.05, 3.63) is 48.7 Å². The molecule has 1 aromatic carbocycles. The number of piperidine rings is 1. The van der Waals surface area contributed by atoms with E-state index >= 15 is 0 Å². The van der Waals surface area contributed by atoms with Crippen LogP contribution in [0.25, 0.3) is 0 Å². The Morgan fingerprint density at radius 2 is 1.70 bits per heavy atom. The molecule has 4 rings (SSSR count). The Labute approximate surface area is 211 Å². The van der Waals surface area contributed by atoms with Gasteiger partial charge < -0.3 is 9.84 Å². The normalized spacial score (nSPS) is 22.1. The molecule has 10 nitrogen and oxygen atoms in total. The van der Waals surface area contributed by atoms with Gasteiger partial charge in [-0.1, -0.05) is 37.5 Å². The van der Waals surface area contributed by atoms with Gasteiger partial charge in [-0.05, 0) is 42.9 Å². The number of fused-ring (bicyclic) bond motifs is 1. The van der Waals surface area contributed by atoms with Gasteiger partial charge in [-0.2, -0.15) is 17.5 Å². The average molecular weight is 546 g/mol. The number of ether oxygens (including phenoxy) is 1. The van der Waals surface area contributed by atoms with E-state index in [1.807, 2.05) is 18.2 Å². The first-order chi connectivity index (χ1) is 17.4. The maximum atomic E-state index is 13.3. The molecule has 1 amide bonds. The quantitative estimate of drug-likeness (QED) is 0.382. The number of carbonyl (C=O) groups is 2. The second-order valence-electron chi connectivity index (χ2n) is 8.58. The summed E-state index contributed by atoms with van der Waals surface area (Å²) in [5.74, 6) is -2.36. The Hall–Kier alpha value is -3.23. The van der Waals surface area contributed by atoms with Gasteiger partial charge in [-0.25, -0.2) is 23.7 Å². The number of hydroxylamine groups is 1. The van der Waals surface area contributed by atoms with Crippen LogP contribution in [0.1, 0.15) is 32.1 Å². The molecule has 14 heteroatoms. The summed E-state index contributed by atoms with van der Waals surface area (Å²) in [6.07, 6.45) is 0.680. The van der Waals surface area contributed by atoms with Gasteiger partial charge in [0.1, 0.15) is 16.7 Å². The summed E-state index contributed by atoms with van der Waals surface area (Å²) in [4.78, 5) is 25.5. The van der Waals surface area contributed by atoms with E-state index in [2.05, 4.69) is 4.98 Å². The highest BCUT2D eigenvalue weighted by molar-refractivity contribution is 7.89. The molecule has 37 heavy (non-hydrogen) atoms. The largest absolute Gasteiger partial charge is 0.490 e. The minimum Gasteiger partial charge on any atom is -0.475 e. The van der Waals surface area contributed by atoms with Gasteiger partial charge in [0.05, 0.1) is 6.20 Å². The van der Waals surface area contributed by atoms with Crippen LogP contribution in [0, 0.1) is 11.8 Å². The molecule has 1 aliphatic heterocycles. The van der Waals surface area contributed by atoms with Crippen molar-refractivity contribution in [3.63, 3.8) is 0 Å². The molecule has 202 valence electrons. The fourth-order valence-corrected chi connectivity index (χ4v) is 6.24. The number of nitrogens with zero attached hydrogens (tertiary/aromatic N) is 2. The standard InChI is InChI=1S/C21H25N3O5S.C2HF3O2/c25-21(23-26)20-18-9-5-4-6-15(18)12-13-24(20)30(27,28)17-10-11-19(22-14-17)29-16-7-2-1-3-8-16;3-2(4,5)1(6)7/h1-3,7-8,10-11,14-15,18,20,26H,4-6,9,12-13H2,(H,23,25);(H,6,7). The van der Waals surface area contributed by atoms with Crippen LogP contribution in [0.4, 0.5) is 13.2 Å². The van der Waals surface area contributed by atoms with Crippen molar-refractivity contribution in [2.24, 2.45) is 11.8 Å². The van der Waals surface area contributed by atoms with Gasteiger partial charge in [0.25, 0.3) is 5.91 Å². The zero-order valence-electron chi connectivity index (χ0n) is 19.5. The highest BCUT2D eigenvalue weighted by Gasteiger charge is 2.47. The van der Waals surface area contributed by atoms with Crippen molar-refractivity contribution < 1.29 is 46.2 Å². The average Bonchev–Trinajstić information content (AvgIpc) is 2.88. The molecule has 3 atom stereocenters. The van der Waals surface area contributed by atoms with E-state index in [4.69, 9.17) is 14.6 Å². The molecule has 1 saturated carbocycles. The van der Waals surface area contributed by atoms with Gasteiger partial charge >= 0.3 is 12.1 Å². The number of rotatable bonds is 5. The topological polar surface area (TPSA) is 146 Å². The molecule has 3 N–H and O–H groups in total. The molecule has 2 aliphatic rings. The molecular weight excluding hydrogens is 519 g/mol. The predicted molar refractivity (Wildman–Crippen MR) is 122 cm³/mol. The molecule has 2 heterocycles. The highest BCUT2D eigenvalue weighted by atomic mass is 32.2. The van der Waals surface area contributed by atoms with Gasteiger partial charge in [0.2, 0.25) is 15.9 Å². The Kier molecular flexibility index (Phi) is 9.10. The lowest BCUT2D eigenvalue weighted by atomic mass is 9.71. The van der Waals surface area contributed by atoms with Crippen LogP contribution in [0.15, 0.2) is 53.6 Å². The van der Waals surface area contributed by atoms with Crippen LogP contribution >= 0.6 is 0 Å². The number of halogens is 3. The molecule has 1 aliphatic carbocycles. The first-order valence-electron chi connectivity index (χ1n) is 11.4. The fourth-order valence-electron chi connectivity index (χ4n) is 4.64. The van der Waals surface area contributed by atoms with Crippen molar-refractivity contribution in [3.8, 4) is 11.6 Å². The second-order valence-corrected chi connectivity index (χ2v) is 10.5. The lowest BCUT2D eigenvalue weighted by Gasteiger charge is -2.45. The van der Waals surface area contributed by atoms with Crippen molar-refractivity contribution in [1.82, 2.24) is 14.8 Å². The minimum atomic E-state index is -5.08. The van der Waals surface area contributed by atoms with E-state index in [0.717, 1.165) is 25.7 Å². The molecule has 2 aromatic rings. The summed E-state index contributed by atoms with van der Waals surface area (Å²) in [6.45, 7) is 0.240. The molecule has 0 spiro atoms. The lowest BCUT2D eigenvalue weighted by molar-refractivity contribution is -0.192. The Morgan fingerprint density at radius 3 is 2.27 bits per heavy atom. The number of aliphatic carboxylic acids is 1. The van der Waals surface area contributed by atoms with Crippen LogP contribution < -0.4 is 10.2 Å². The zero-order valence-corrected chi connectivity index (χ0v) is 20.3. The number of benzene rings is 1. The Bertz CT molecular complexity index is 1180. The summed E-state index contributed by atoms with van der Waals surface area (Å²) in [5.41, 5.74) is 1.68. The Balaban J connectivity index is 0.000000479. The maximum absolute atomic E-state index is 13.3. The number of hydrogen-bond donors (Lipinski definition) is 3. The SMILES string of the molecule is O=C(NO)C1C2CCCCC2CCN1S(=O)(=O)c1ccc(Oc2ccccc2)nc1.O=C(O)C(F)(F)F. The minimum absolute atomic E-state index is 0.00656. The molecule has 0 bridgehead atoms. The van der Waals surface area contributed by atoms with E-state index in [1.54, 1.807) is 17.6 Å². The van der Waals surface area contributed by atoms with E-state index in [1.165, 1.54) is 22.6 Å². The number of pyridine rings is 1. The molecule has 3 unspecified atom stereocenters. The van der Waals surface area contributed by atoms with E-state index in [9.17, 15) is 31.6 Å². The van der Waals surface area contributed by atoms with Gasteiger partial charge in [-0.15, -0.1) is 0 Å². The molecule has 1 saturated heterocycles. The first kappa shape index (κ1) is 28.3. The van der Waals surface area contributed by atoms with E-state index in [-0.39, 0.29) is 23.2 Å². The maximum Gasteiger partial charge on any atom is 0.490 e. The van der Waals surface area contributed by atoms with Crippen molar-refractivity contribution in [2.45, 2.75) is 49.2 Å². The summed E-state index contributed by atoms with van der Waals surface area (Å²) >= 11 is 0. The van der Waals surface area contributed by atoms with Crippen LogP contribution in [-0.2, 0) is 19.6 Å². The number of carboxylic acids is 1. The number of aromatic nitrogens is 1. The van der Waals surface area contributed by atoms with Crippen molar-refractivity contribution >= 4 is 21.9 Å². The molecular formula is C23H26F3N3O7S. The number of sulfonamides is 1. The molecule has 0 radical (unpaired) electrons. The lowest BCUT2D eigenvalue weighted by Crippen LogP contribution is -2.58. The predicted octanol–water partition coefficient (Wildman–Crippen LogP) is 3.58. The van der Waals surface area contributed by atoms with Crippen LogP contribution in [0.2, 0.25) is 0 Å². The fraction of sp³-hybridized carbons (Fsp3) is 0.435. The summed E-state index contributed by atoms with van der Waals surface area (Å²) in [5, 5.41) is 16.4. The van der Waals surface area contributed by atoms with E-state index in [0.29, 0.717) is 18.1 Å². The Morgan fingerprint density at radius 1 is 1.05 bits per heavy atom. The van der Waals surface area contributed by atoms with Gasteiger partial charge in [-0.3, -0.25) is 10.0 Å². The number of amides is 1.